The number of nitrogens with zero attached hydrogens (tertiary/aromatic N) is 2. The second-order valence-electron chi connectivity index (χ2n) is 7.78. The van der Waals surface area contributed by atoms with Crippen LogP contribution in [0, 0.1) is 13.8 Å². The summed E-state index contributed by atoms with van der Waals surface area (Å²) in [7, 11) is 0. The summed E-state index contributed by atoms with van der Waals surface area (Å²) in [4.78, 5) is 32.9. The Bertz CT molecular complexity index is 1190. The van der Waals surface area contributed by atoms with Gasteiger partial charge in [0.05, 0.1) is 17.7 Å². The third-order valence-corrected chi connectivity index (χ3v) is 8.07. The maximum absolute atomic E-state index is 13.8. The minimum Gasteiger partial charge on any atom is -0.465 e. The van der Waals surface area contributed by atoms with E-state index in [1.165, 1.54) is 28.6 Å². The summed E-state index contributed by atoms with van der Waals surface area (Å²) >= 11 is 3.00. The first kappa shape index (κ1) is 18.9. The summed E-state index contributed by atoms with van der Waals surface area (Å²) in [6, 6.07) is 6.07. The predicted molar refractivity (Wildman–Crippen MR) is 117 cm³/mol. The number of cyclic esters (lactones) is 1. The molecule has 29 heavy (non-hydrogen) atoms. The fourth-order valence-corrected chi connectivity index (χ4v) is 6.62. The molecule has 1 saturated heterocycles. The lowest BCUT2D eigenvalue weighted by Gasteiger charge is -2.16. The summed E-state index contributed by atoms with van der Waals surface area (Å²) in [5, 5.41) is 1.03. The Kier molecular flexibility index (Phi) is 4.75. The molecule has 7 heteroatoms. The zero-order chi connectivity index (χ0) is 20.1. The molecule has 0 spiro atoms. The molecule has 2 aliphatic rings. The van der Waals surface area contributed by atoms with Gasteiger partial charge in [0.2, 0.25) is 0 Å². The first-order valence-electron chi connectivity index (χ1n) is 10.0. The zero-order valence-electron chi connectivity index (χ0n) is 16.5. The number of aryl methyl sites for hydroxylation is 4. The van der Waals surface area contributed by atoms with Gasteiger partial charge in [-0.1, -0.05) is 29.5 Å². The normalized spacial score (nSPS) is 18.8. The molecule has 1 aliphatic heterocycles. The van der Waals surface area contributed by atoms with E-state index in [-0.39, 0.29) is 16.8 Å². The van der Waals surface area contributed by atoms with Crippen molar-refractivity contribution in [3.8, 4) is 5.69 Å². The molecule has 1 aliphatic carbocycles. The average Bonchev–Trinajstić information content (AvgIpc) is 3.26. The minimum absolute atomic E-state index is 0.0183. The van der Waals surface area contributed by atoms with Crippen LogP contribution in [0.2, 0.25) is 0 Å². The van der Waals surface area contributed by atoms with E-state index in [4.69, 9.17) is 9.72 Å². The molecule has 0 bridgehead atoms. The number of aromatic nitrogens is 2. The molecule has 3 heterocycles. The predicted octanol–water partition coefficient (Wildman–Crippen LogP) is 4.35. The van der Waals surface area contributed by atoms with Crippen LogP contribution in [0.25, 0.3) is 15.9 Å². The average molecular weight is 427 g/mol. The van der Waals surface area contributed by atoms with Crippen LogP contribution in [0.4, 0.5) is 0 Å². The van der Waals surface area contributed by atoms with Gasteiger partial charge in [0.25, 0.3) is 5.56 Å². The molecular weight excluding hydrogens is 404 g/mol. The van der Waals surface area contributed by atoms with E-state index in [1.54, 1.807) is 15.9 Å². The lowest BCUT2D eigenvalue weighted by atomic mass is 9.97. The Balaban J connectivity index is 1.76. The largest absolute Gasteiger partial charge is 0.465 e. The molecule has 2 aromatic heterocycles. The zero-order valence-corrected chi connectivity index (χ0v) is 18.1. The third-order valence-electron chi connectivity index (χ3n) is 5.69. The Hall–Kier alpha value is -2.12. The van der Waals surface area contributed by atoms with Crippen LogP contribution >= 0.6 is 23.1 Å². The van der Waals surface area contributed by atoms with E-state index in [0.717, 1.165) is 46.3 Å². The second-order valence-corrected chi connectivity index (χ2v) is 10.0. The van der Waals surface area contributed by atoms with Crippen LogP contribution in [0.3, 0.4) is 0 Å². The Morgan fingerprint density at radius 3 is 2.79 bits per heavy atom. The summed E-state index contributed by atoms with van der Waals surface area (Å²) < 4.78 is 6.85. The van der Waals surface area contributed by atoms with E-state index in [9.17, 15) is 9.59 Å². The number of hydrogen-bond acceptors (Lipinski definition) is 6. The van der Waals surface area contributed by atoms with E-state index in [2.05, 4.69) is 6.07 Å². The maximum atomic E-state index is 13.8. The molecule has 1 unspecified atom stereocenters. The molecule has 1 atom stereocenters. The number of esters is 1. The number of thioether (sulfide) groups is 1. The third kappa shape index (κ3) is 3.20. The van der Waals surface area contributed by atoms with Crippen molar-refractivity contribution in [2.75, 3.05) is 6.61 Å². The molecule has 3 aromatic rings. The van der Waals surface area contributed by atoms with Crippen molar-refractivity contribution in [1.82, 2.24) is 9.55 Å². The summed E-state index contributed by atoms with van der Waals surface area (Å²) in [5.74, 6) is -0.220. The van der Waals surface area contributed by atoms with Crippen LogP contribution in [0.5, 0.6) is 0 Å². The topological polar surface area (TPSA) is 61.2 Å². The highest BCUT2D eigenvalue weighted by Gasteiger charge is 2.31. The number of carbonyl (C=O) groups is 1. The second kappa shape index (κ2) is 7.29. The van der Waals surface area contributed by atoms with Gasteiger partial charge in [0, 0.05) is 11.3 Å². The van der Waals surface area contributed by atoms with E-state index >= 15 is 0 Å². The number of hydrogen-bond donors (Lipinski definition) is 0. The van der Waals surface area contributed by atoms with Gasteiger partial charge in [-0.3, -0.25) is 14.2 Å². The number of rotatable bonds is 3. The van der Waals surface area contributed by atoms with Crippen LogP contribution in [-0.2, 0) is 22.4 Å². The molecule has 1 aromatic carbocycles. The van der Waals surface area contributed by atoms with Crippen molar-refractivity contribution in [3.05, 3.63) is 50.1 Å². The molecule has 0 N–H and O–H groups in total. The number of thiophene rings is 1. The molecule has 0 saturated carbocycles. The van der Waals surface area contributed by atoms with Crippen LogP contribution in [0.15, 0.2) is 28.2 Å². The number of fused-ring (bicyclic) bond motifs is 3. The van der Waals surface area contributed by atoms with Crippen LogP contribution in [0.1, 0.15) is 40.8 Å². The van der Waals surface area contributed by atoms with Crippen molar-refractivity contribution in [1.29, 1.82) is 0 Å². The minimum atomic E-state index is -0.314. The fourth-order valence-electron chi connectivity index (χ4n) is 4.25. The summed E-state index contributed by atoms with van der Waals surface area (Å²) in [6.45, 7) is 4.49. The number of carbonyl (C=O) groups excluding carboxylic acids is 1. The van der Waals surface area contributed by atoms with Gasteiger partial charge in [0.15, 0.2) is 5.16 Å². The van der Waals surface area contributed by atoms with E-state index in [1.807, 2.05) is 26.0 Å². The van der Waals surface area contributed by atoms with Crippen molar-refractivity contribution >= 4 is 39.3 Å². The fraction of sp³-hybridized carbons (Fsp3) is 0.409. The highest BCUT2D eigenvalue weighted by atomic mass is 32.2. The lowest BCUT2D eigenvalue weighted by Crippen LogP contribution is -2.24. The Labute approximate surface area is 177 Å². The highest BCUT2D eigenvalue weighted by Crippen LogP contribution is 2.37. The van der Waals surface area contributed by atoms with Gasteiger partial charge >= 0.3 is 5.97 Å². The molecule has 5 rings (SSSR count). The van der Waals surface area contributed by atoms with Gasteiger partial charge in [-0.25, -0.2) is 4.98 Å². The molecule has 150 valence electrons. The molecular formula is C22H22N2O3S2. The molecule has 0 amide bonds. The van der Waals surface area contributed by atoms with Gasteiger partial charge < -0.3 is 4.74 Å². The monoisotopic (exact) mass is 426 g/mol. The number of ether oxygens (including phenoxy) is 1. The molecule has 1 fully saturated rings. The molecule has 0 radical (unpaired) electrons. The Morgan fingerprint density at radius 2 is 2.03 bits per heavy atom. The number of benzene rings is 1. The van der Waals surface area contributed by atoms with Crippen LogP contribution in [-0.4, -0.2) is 27.4 Å². The standard InChI is InChI=1S/C22H22N2O3S2/c1-12-7-8-15(13(2)11-12)24-20(25)18-14-5-3-4-6-16(14)28-19(18)23-22(24)29-17-9-10-27-21(17)26/h7-8,11,17H,3-6,9-10H2,1-2H3. The quantitative estimate of drug-likeness (QED) is 0.460. The molecule has 5 nitrogen and oxygen atoms in total. The first-order valence-corrected chi connectivity index (χ1v) is 11.7. The smallest absolute Gasteiger partial charge is 0.319 e. The summed E-state index contributed by atoms with van der Waals surface area (Å²) in [5.41, 5.74) is 4.17. The van der Waals surface area contributed by atoms with Crippen molar-refractivity contribution < 1.29 is 9.53 Å². The Morgan fingerprint density at radius 1 is 1.21 bits per heavy atom. The lowest BCUT2D eigenvalue weighted by molar-refractivity contribution is -0.137. The first-order chi connectivity index (χ1) is 14.0. The SMILES string of the molecule is Cc1ccc(-n2c(SC3CCOC3=O)nc3sc4c(c3c2=O)CCCC4)c(C)c1. The van der Waals surface area contributed by atoms with Crippen molar-refractivity contribution in [2.45, 2.75) is 56.4 Å². The van der Waals surface area contributed by atoms with Gasteiger partial charge in [-0.05, 0) is 56.7 Å². The van der Waals surface area contributed by atoms with Crippen molar-refractivity contribution in [3.63, 3.8) is 0 Å². The maximum Gasteiger partial charge on any atom is 0.319 e. The van der Waals surface area contributed by atoms with Crippen LogP contribution < -0.4 is 5.56 Å². The summed E-state index contributed by atoms with van der Waals surface area (Å²) in [6.07, 6.45) is 4.90. The van der Waals surface area contributed by atoms with Gasteiger partial charge in [0.1, 0.15) is 10.1 Å². The highest BCUT2D eigenvalue weighted by molar-refractivity contribution is 8.00. The van der Waals surface area contributed by atoms with E-state index < -0.39 is 0 Å². The van der Waals surface area contributed by atoms with E-state index in [0.29, 0.717) is 18.2 Å². The van der Waals surface area contributed by atoms with Gasteiger partial charge in [-0.2, -0.15) is 0 Å². The van der Waals surface area contributed by atoms with Gasteiger partial charge in [-0.15, -0.1) is 11.3 Å². The van der Waals surface area contributed by atoms with Crippen molar-refractivity contribution in [2.24, 2.45) is 0 Å².